The lowest BCUT2D eigenvalue weighted by molar-refractivity contribution is -0.120. The van der Waals surface area contributed by atoms with Gasteiger partial charge in [-0.05, 0) is 17.5 Å². The summed E-state index contributed by atoms with van der Waals surface area (Å²) in [6.45, 7) is 0.686. The highest BCUT2D eigenvalue weighted by atomic mass is 16.1. The van der Waals surface area contributed by atoms with E-state index >= 15 is 0 Å². The number of nitrogens with one attached hydrogen (secondary N) is 2. The van der Waals surface area contributed by atoms with Gasteiger partial charge in [-0.15, -0.1) is 0 Å². The normalized spacial score (nSPS) is 22.2. The molecule has 2 unspecified atom stereocenters. The third-order valence-electron chi connectivity index (χ3n) is 3.28. The molecule has 1 aliphatic rings. The van der Waals surface area contributed by atoms with E-state index in [1.54, 1.807) is 7.05 Å². The number of carbonyl (C=O) groups is 1. The highest BCUT2D eigenvalue weighted by Crippen LogP contribution is 2.36. The van der Waals surface area contributed by atoms with Crippen LogP contribution < -0.4 is 16.4 Å². The molecule has 1 aliphatic carbocycles. The van der Waals surface area contributed by atoms with Gasteiger partial charge in [-0.2, -0.15) is 0 Å². The van der Waals surface area contributed by atoms with E-state index in [-0.39, 0.29) is 18.0 Å². The molecule has 0 heterocycles. The summed E-state index contributed by atoms with van der Waals surface area (Å²) in [5.41, 5.74) is 8.58. The number of carbonyl (C=O) groups excluding carboxylic acids is 1. The van der Waals surface area contributed by atoms with Crippen molar-refractivity contribution in [1.82, 2.24) is 10.6 Å². The zero-order chi connectivity index (χ0) is 12.3. The van der Waals surface area contributed by atoms with Gasteiger partial charge in [-0.25, -0.2) is 0 Å². The monoisotopic (exact) mass is 233 g/mol. The summed E-state index contributed by atoms with van der Waals surface area (Å²) in [5.74, 6) is 0.0630. The van der Waals surface area contributed by atoms with Gasteiger partial charge < -0.3 is 16.4 Å². The Kier molecular flexibility index (Phi) is 3.76. The summed E-state index contributed by atoms with van der Waals surface area (Å²) in [6, 6.07) is 8.64. The molecule has 2 rings (SSSR count). The Balaban J connectivity index is 1.94. The van der Waals surface area contributed by atoms with Crippen molar-refractivity contribution < 1.29 is 4.79 Å². The number of amides is 1. The van der Waals surface area contributed by atoms with Gasteiger partial charge in [0.15, 0.2) is 0 Å². The molecule has 4 N–H and O–H groups in total. The quantitative estimate of drug-likeness (QED) is 0.722. The Labute approximate surface area is 102 Å². The van der Waals surface area contributed by atoms with Crippen LogP contribution >= 0.6 is 0 Å². The molecule has 0 aromatic heterocycles. The number of fused-ring (bicyclic) bond motifs is 1. The van der Waals surface area contributed by atoms with E-state index in [4.69, 9.17) is 5.73 Å². The van der Waals surface area contributed by atoms with Crippen molar-refractivity contribution in [3.63, 3.8) is 0 Å². The fraction of sp³-hybridized carbons (Fsp3) is 0.462. The summed E-state index contributed by atoms with van der Waals surface area (Å²) < 4.78 is 0. The Hall–Kier alpha value is -1.39. The second-order valence-corrected chi connectivity index (χ2v) is 4.40. The third-order valence-corrected chi connectivity index (χ3v) is 3.28. The first-order chi connectivity index (χ1) is 8.22. The summed E-state index contributed by atoms with van der Waals surface area (Å²) in [6.07, 6.45) is 1.41. The standard InChI is InChI=1S/C13H19N3O/c1-15-13(17)6-7-16-12-8-11(14)9-4-2-3-5-10(9)12/h2-5,11-12,16H,6-8,14H2,1H3,(H,15,17). The largest absolute Gasteiger partial charge is 0.359 e. The first kappa shape index (κ1) is 12.1. The molecule has 0 spiro atoms. The smallest absolute Gasteiger partial charge is 0.221 e. The minimum atomic E-state index is 0.0630. The Morgan fingerprint density at radius 1 is 1.41 bits per heavy atom. The van der Waals surface area contributed by atoms with Crippen LogP contribution in [0.5, 0.6) is 0 Å². The molecular formula is C13H19N3O. The van der Waals surface area contributed by atoms with Crippen molar-refractivity contribution in [2.24, 2.45) is 5.73 Å². The Morgan fingerprint density at radius 3 is 2.82 bits per heavy atom. The molecule has 17 heavy (non-hydrogen) atoms. The maximum atomic E-state index is 11.1. The fourth-order valence-electron chi connectivity index (χ4n) is 2.35. The van der Waals surface area contributed by atoms with Crippen LogP contribution in [0.4, 0.5) is 0 Å². The van der Waals surface area contributed by atoms with Crippen LogP contribution in [0.1, 0.15) is 36.1 Å². The van der Waals surface area contributed by atoms with E-state index in [0.717, 1.165) is 6.42 Å². The van der Waals surface area contributed by atoms with Gasteiger partial charge in [-0.3, -0.25) is 4.79 Å². The molecule has 1 aromatic carbocycles. The second-order valence-electron chi connectivity index (χ2n) is 4.40. The van der Waals surface area contributed by atoms with Crippen LogP contribution in [-0.4, -0.2) is 19.5 Å². The van der Waals surface area contributed by atoms with E-state index in [0.29, 0.717) is 13.0 Å². The molecule has 4 heteroatoms. The minimum Gasteiger partial charge on any atom is -0.359 e. The lowest BCUT2D eigenvalue weighted by Gasteiger charge is -2.13. The lowest BCUT2D eigenvalue weighted by Crippen LogP contribution is -2.27. The van der Waals surface area contributed by atoms with Gasteiger partial charge in [-0.1, -0.05) is 24.3 Å². The van der Waals surface area contributed by atoms with Crippen molar-refractivity contribution >= 4 is 5.91 Å². The van der Waals surface area contributed by atoms with Crippen LogP contribution in [0.25, 0.3) is 0 Å². The molecule has 92 valence electrons. The lowest BCUT2D eigenvalue weighted by atomic mass is 10.1. The van der Waals surface area contributed by atoms with Gasteiger partial charge in [0.25, 0.3) is 0 Å². The zero-order valence-corrected chi connectivity index (χ0v) is 10.1. The maximum Gasteiger partial charge on any atom is 0.221 e. The average molecular weight is 233 g/mol. The maximum absolute atomic E-state index is 11.1. The van der Waals surface area contributed by atoms with E-state index in [1.165, 1.54) is 11.1 Å². The number of benzene rings is 1. The Bertz CT molecular complexity index is 405. The minimum absolute atomic E-state index is 0.0630. The number of hydrogen-bond donors (Lipinski definition) is 3. The first-order valence-corrected chi connectivity index (χ1v) is 6.00. The molecule has 0 bridgehead atoms. The van der Waals surface area contributed by atoms with Gasteiger partial charge in [0.05, 0.1) is 0 Å². The fourth-order valence-corrected chi connectivity index (χ4v) is 2.35. The molecule has 0 saturated carbocycles. The van der Waals surface area contributed by atoms with E-state index in [9.17, 15) is 4.79 Å². The van der Waals surface area contributed by atoms with Crippen LogP contribution in [0.2, 0.25) is 0 Å². The molecule has 0 saturated heterocycles. The van der Waals surface area contributed by atoms with Crippen LogP contribution in [-0.2, 0) is 4.79 Å². The van der Waals surface area contributed by atoms with Gasteiger partial charge in [0, 0.05) is 32.1 Å². The predicted molar refractivity (Wildman–Crippen MR) is 67.4 cm³/mol. The summed E-state index contributed by atoms with van der Waals surface area (Å²) in [4.78, 5) is 11.1. The van der Waals surface area contributed by atoms with Crippen molar-refractivity contribution in [2.45, 2.75) is 24.9 Å². The number of hydrogen-bond acceptors (Lipinski definition) is 3. The van der Waals surface area contributed by atoms with Crippen molar-refractivity contribution in [2.75, 3.05) is 13.6 Å². The first-order valence-electron chi connectivity index (χ1n) is 6.00. The average Bonchev–Trinajstić information content (AvgIpc) is 2.67. The van der Waals surface area contributed by atoms with E-state index in [1.807, 2.05) is 12.1 Å². The van der Waals surface area contributed by atoms with E-state index < -0.39 is 0 Å². The summed E-state index contributed by atoms with van der Waals surface area (Å²) in [5, 5.41) is 6.01. The number of rotatable bonds is 4. The number of nitrogens with two attached hydrogens (primary N) is 1. The van der Waals surface area contributed by atoms with Gasteiger partial charge in [0.1, 0.15) is 0 Å². The molecule has 1 aromatic rings. The molecule has 4 nitrogen and oxygen atoms in total. The molecule has 0 radical (unpaired) electrons. The Morgan fingerprint density at radius 2 is 2.12 bits per heavy atom. The topological polar surface area (TPSA) is 67.2 Å². The van der Waals surface area contributed by atoms with Crippen molar-refractivity contribution in [3.8, 4) is 0 Å². The highest BCUT2D eigenvalue weighted by Gasteiger charge is 2.27. The van der Waals surface area contributed by atoms with Gasteiger partial charge in [0.2, 0.25) is 5.91 Å². The zero-order valence-electron chi connectivity index (χ0n) is 10.1. The summed E-state index contributed by atoms with van der Waals surface area (Å²) >= 11 is 0. The van der Waals surface area contributed by atoms with Crippen molar-refractivity contribution in [1.29, 1.82) is 0 Å². The van der Waals surface area contributed by atoms with Crippen molar-refractivity contribution in [3.05, 3.63) is 35.4 Å². The predicted octanol–water partition coefficient (Wildman–Crippen LogP) is 0.857. The van der Waals surface area contributed by atoms with Gasteiger partial charge >= 0.3 is 0 Å². The SMILES string of the molecule is CNC(=O)CCNC1CC(N)c2ccccc21. The molecule has 0 aliphatic heterocycles. The van der Waals surface area contributed by atoms with Crippen LogP contribution in [0.3, 0.4) is 0 Å². The molecular weight excluding hydrogens is 214 g/mol. The summed E-state index contributed by atoms with van der Waals surface area (Å²) in [7, 11) is 1.66. The molecule has 2 atom stereocenters. The van der Waals surface area contributed by atoms with Crippen LogP contribution in [0, 0.1) is 0 Å². The molecule has 1 amide bonds. The third kappa shape index (κ3) is 2.65. The second kappa shape index (κ2) is 5.29. The van der Waals surface area contributed by atoms with Crippen LogP contribution in [0.15, 0.2) is 24.3 Å². The highest BCUT2D eigenvalue weighted by molar-refractivity contribution is 5.75. The van der Waals surface area contributed by atoms with E-state index in [2.05, 4.69) is 22.8 Å². The molecule has 0 fully saturated rings.